The average molecular weight is 164 g/mol. The van der Waals surface area contributed by atoms with Crippen LogP contribution in [0.3, 0.4) is 0 Å². The number of rotatable bonds is 0. The van der Waals surface area contributed by atoms with Crippen molar-refractivity contribution in [2.24, 2.45) is 0 Å². The molecule has 1 aliphatic heterocycles. The molecule has 1 heterocycles. The van der Waals surface area contributed by atoms with E-state index in [4.69, 9.17) is 0 Å². The van der Waals surface area contributed by atoms with Gasteiger partial charge in [0.25, 0.3) is 0 Å². The third kappa shape index (κ3) is 1.01. The molecule has 0 saturated carbocycles. The second-order valence-corrected chi connectivity index (χ2v) is 5.91. The summed E-state index contributed by atoms with van der Waals surface area (Å²) in [6.07, 6.45) is 7.06. The molecule has 2 aliphatic rings. The number of fused-ring (bicyclic) bond motifs is 1. The highest BCUT2D eigenvalue weighted by Gasteiger charge is 2.26. The first-order chi connectivity index (χ1) is 5.18. The minimum absolute atomic E-state index is 0.123. The second kappa shape index (κ2) is 2.32. The van der Waals surface area contributed by atoms with Gasteiger partial charge in [-0.15, -0.1) is 0 Å². The van der Waals surface area contributed by atoms with Gasteiger partial charge in [0.2, 0.25) is 0 Å². The molecule has 1 aliphatic carbocycles. The maximum absolute atomic E-state index is 2.41. The summed E-state index contributed by atoms with van der Waals surface area (Å²) >= 11 is 0. The van der Waals surface area contributed by atoms with Crippen molar-refractivity contribution < 1.29 is 0 Å². The van der Waals surface area contributed by atoms with Gasteiger partial charge >= 0.3 is 0 Å². The summed E-state index contributed by atoms with van der Waals surface area (Å²) in [5.41, 5.74) is 3.73. The van der Waals surface area contributed by atoms with Crippen LogP contribution in [0.5, 0.6) is 0 Å². The van der Waals surface area contributed by atoms with Crippen LogP contribution in [-0.4, -0.2) is 12.3 Å². The normalized spacial score (nSPS) is 34.6. The molecule has 1 heteroatoms. The van der Waals surface area contributed by atoms with E-state index in [-0.39, 0.29) is 7.92 Å². The van der Waals surface area contributed by atoms with Crippen LogP contribution in [0.4, 0.5) is 0 Å². The molecule has 2 unspecified atom stereocenters. The van der Waals surface area contributed by atoms with E-state index in [0.717, 1.165) is 5.66 Å². The van der Waals surface area contributed by atoms with Crippen molar-refractivity contribution in [2.45, 2.75) is 19.5 Å². The van der Waals surface area contributed by atoms with Gasteiger partial charge in [0.1, 0.15) is 0 Å². The molecule has 0 fully saturated rings. The molecule has 0 aromatic rings. The lowest BCUT2D eigenvalue weighted by molar-refractivity contribution is 1.24. The predicted molar refractivity (Wildman–Crippen MR) is 52.2 cm³/mol. The quantitative estimate of drug-likeness (QED) is 0.482. The van der Waals surface area contributed by atoms with Crippen LogP contribution in [0.1, 0.15) is 13.8 Å². The summed E-state index contributed by atoms with van der Waals surface area (Å²) in [6.45, 7) is 6.88. The summed E-state index contributed by atoms with van der Waals surface area (Å²) in [6, 6.07) is 0. The molecule has 0 aromatic heterocycles. The molecule has 0 radical (unpaired) electrons. The molecule has 58 valence electrons. The van der Waals surface area contributed by atoms with Crippen molar-refractivity contribution in [3.05, 3.63) is 34.7 Å². The lowest BCUT2D eigenvalue weighted by Gasteiger charge is -2.10. The Kier molecular flexibility index (Phi) is 1.54. The Labute approximate surface area is 69.4 Å². The molecule has 0 aromatic carbocycles. The Balaban J connectivity index is 2.42. The standard InChI is InChI=1S/C10H13P/c1-7-4-9-6-8(2)11(3)10(9)5-7/h4-6,8H,1-3H3. The fourth-order valence-corrected chi connectivity index (χ4v) is 3.47. The van der Waals surface area contributed by atoms with Crippen molar-refractivity contribution in [2.75, 3.05) is 6.66 Å². The van der Waals surface area contributed by atoms with Crippen molar-refractivity contribution in [3.63, 3.8) is 0 Å². The van der Waals surface area contributed by atoms with E-state index < -0.39 is 0 Å². The van der Waals surface area contributed by atoms with Crippen molar-refractivity contribution in [1.29, 1.82) is 0 Å². The fraction of sp³-hybridized carbons (Fsp3) is 0.400. The topological polar surface area (TPSA) is 0 Å². The maximum Gasteiger partial charge on any atom is -0.00109 e. The van der Waals surface area contributed by atoms with Gasteiger partial charge in [0.05, 0.1) is 0 Å². The van der Waals surface area contributed by atoms with Crippen LogP contribution in [-0.2, 0) is 0 Å². The number of hydrogen-bond acceptors (Lipinski definition) is 0. The number of hydrogen-bond donors (Lipinski definition) is 0. The molecule has 0 amide bonds. The Morgan fingerprint density at radius 2 is 2.09 bits per heavy atom. The van der Waals surface area contributed by atoms with Gasteiger partial charge in [0, 0.05) is 0 Å². The van der Waals surface area contributed by atoms with Gasteiger partial charge in [0.15, 0.2) is 0 Å². The average Bonchev–Trinajstić information content (AvgIpc) is 2.37. The third-order valence-electron chi connectivity index (χ3n) is 2.45. The highest BCUT2D eigenvalue weighted by Crippen LogP contribution is 2.57. The molecule has 11 heavy (non-hydrogen) atoms. The Morgan fingerprint density at radius 1 is 1.36 bits per heavy atom. The Morgan fingerprint density at radius 3 is 2.73 bits per heavy atom. The maximum atomic E-state index is 2.41. The van der Waals surface area contributed by atoms with Crippen LogP contribution in [0, 0.1) is 0 Å². The first kappa shape index (κ1) is 7.31. The van der Waals surface area contributed by atoms with Gasteiger partial charge in [-0.3, -0.25) is 0 Å². The lowest BCUT2D eigenvalue weighted by atomic mass is 10.2. The van der Waals surface area contributed by atoms with Crippen molar-refractivity contribution in [3.8, 4) is 0 Å². The van der Waals surface area contributed by atoms with Gasteiger partial charge in [-0.1, -0.05) is 33.1 Å². The molecular weight excluding hydrogens is 151 g/mol. The Hall–Kier alpha value is -0.350. The minimum atomic E-state index is 0.123. The molecule has 0 spiro atoms. The molecule has 0 nitrogen and oxygen atoms in total. The van der Waals surface area contributed by atoms with E-state index in [0.29, 0.717) is 0 Å². The van der Waals surface area contributed by atoms with Crippen LogP contribution in [0.25, 0.3) is 0 Å². The van der Waals surface area contributed by atoms with Crippen LogP contribution < -0.4 is 0 Å². The van der Waals surface area contributed by atoms with E-state index in [1.54, 1.807) is 5.31 Å². The molecular formula is C10H13P. The monoisotopic (exact) mass is 164 g/mol. The van der Waals surface area contributed by atoms with Crippen molar-refractivity contribution >= 4 is 7.92 Å². The van der Waals surface area contributed by atoms with Gasteiger partial charge in [-0.05, 0) is 35.7 Å². The van der Waals surface area contributed by atoms with Crippen LogP contribution in [0.15, 0.2) is 34.7 Å². The van der Waals surface area contributed by atoms with Crippen molar-refractivity contribution in [1.82, 2.24) is 0 Å². The van der Waals surface area contributed by atoms with Crippen LogP contribution >= 0.6 is 7.92 Å². The lowest BCUT2D eigenvalue weighted by Crippen LogP contribution is -1.86. The first-order valence-electron chi connectivity index (χ1n) is 4.03. The summed E-state index contributed by atoms with van der Waals surface area (Å²) in [5, 5.41) is 1.62. The predicted octanol–water partition coefficient (Wildman–Crippen LogP) is 3.27. The zero-order valence-corrected chi connectivity index (χ0v) is 8.15. The molecule has 0 saturated heterocycles. The summed E-state index contributed by atoms with van der Waals surface area (Å²) in [4.78, 5) is 0. The fourth-order valence-electron chi connectivity index (χ4n) is 1.69. The summed E-state index contributed by atoms with van der Waals surface area (Å²) < 4.78 is 0. The summed E-state index contributed by atoms with van der Waals surface area (Å²) in [7, 11) is 0.123. The van der Waals surface area contributed by atoms with E-state index in [1.807, 2.05) is 0 Å². The minimum Gasteiger partial charge on any atom is -0.0711 e. The van der Waals surface area contributed by atoms with Gasteiger partial charge in [-0.2, -0.15) is 0 Å². The second-order valence-electron chi connectivity index (χ2n) is 3.39. The van der Waals surface area contributed by atoms with E-state index in [1.165, 1.54) is 11.1 Å². The zero-order valence-electron chi connectivity index (χ0n) is 7.26. The number of allylic oxidation sites excluding steroid dienone is 6. The smallest absolute Gasteiger partial charge is 0.00109 e. The van der Waals surface area contributed by atoms with E-state index in [2.05, 4.69) is 38.7 Å². The van der Waals surface area contributed by atoms with Gasteiger partial charge < -0.3 is 0 Å². The van der Waals surface area contributed by atoms with E-state index in [9.17, 15) is 0 Å². The molecule has 2 rings (SSSR count). The van der Waals surface area contributed by atoms with Gasteiger partial charge in [-0.25, -0.2) is 0 Å². The van der Waals surface area contributed by atoms with Crippen LogP contribution in [0.2, 0.25) is 0 Å². The first-order valence-corrected chi connectivity index (χ1v) is 5.89. The summed E-state index contributed by atoms with van der Waals surface area (Å²) in [5.74, 6) is 0. The Bertz CT molecular complexity index is 281. The molecule has 0 N–H and O–H groups in total. The zero-order chi connectivity index (χ0) is 8.01. The highest BCUT2D eigenvalue weighted by molar-refractivity contribution is 7.63. The van der Waals surface area contributed by atoms with E-state index >= 15 is 0 Å². The third-order valence-corrected chi connectivity index (χ3v) is 4.97. The largest absolute Gasteiger partial charge is 0.0711 e. The molecule has 2 atom stereocenters. The molecule has 0 bridgehead atoms. The SMILES string of the molecule is CC1=CC2=CC(C)P(C)C2=C1. The highest BCUT2D eigenvalue weighted by atomic mass is 31.1.